The molecular formula is C23H24FN7. The molecule has 0 amide bonds. The summed E-state index contributed by atoms with van der Waals surface area (Å²) in [5, 5.41) is 16.9. The summed E-state index contributed by atoms with van der Waals surface area (Å²) in [6, 6.07) is 13.6. The highest BCUT2D eigenvalue weighted by atomic mass is 19.1. The number of nitrogens with one attached hydrogen (secondary N) is 2. The van der Waals surface area contributed by atoms with E-state index in [4.69, 9.17) is 10.2 Å². The minimum absolute atomic E-state index is 0.294. The molecule has 7 nitrogen and oxygen atoms in total. The van der Waals surface area contributed by atoms with E-state index in [0.29, 0.717) is 29.5 Å². The standard InChI is InChI=1S/C23H24FN7/c1-30(10-2-9-25)16-7-11-31(12-8-16)17-4-6-19-21(14-17)27-23(26-19)22-18-5-3-15(24)13-20(18)28-29-22/h3-6,13-14,16H,2,7-8,10-12H2,1H3,(H,26,27)(H,28,29). The molecule has 0 aliphatic carbocycles. The Morgan fingerprint density at radius 1 is 1.19 bits per heavy atom. The van der Waals surface area contributed by atoms with E-state index >= 15 is 0 Å². The lowest BCUT2D eigenvalue weighted by atomic mass is 10.0. The highest BCUT2D eigenvalue weighted by Crippen LogP contribution is 2.29. The van der Waals surface area contributed by atoms with Gasteiger partial charge in [0.25, 0.3) is 0 Å². The summed E-state index contributed by atoms with van der Waals surface area (Å²) < 4.78 is 13.5. The fraction of sp³-hybridized carbons (Fsp3) is 0.348. The number of aromatic amines is 2. The molecule has 158 valence electrons. The predicted molar refractivity (Wildman–Crippen MR) is 119 cm³/mol. The SMILES string of the molecule is CN(CCC#N)C1CCN(c2ccc3nc(-c4n[nH]c5cc(F)ccc45)[nH]c3c2)CC1. The Hall–Kier alpha value is -3.44. The maximum absolute atomic E-state index is 13.5. The fourth-order valence-corrected chi connectivity index (χ4v) is 4.45. The van der Waals surface area contributed by atoms with Crippen LogP contribution in [0.15, 0.2) is 36.4 Å². The van der Waals surface area contributed by atoms with E-state index in [0.717, 1.165) is 48.9 Å². The zero-order valence-electron chi connectivity index (χ0n) is 17.4. The molecule has 0 unspecified atom stereocenters. The van der Waals surface area contributed by atoms with Gasteiger partial charge in [0.15, 0.2) is 5.82 Å². The average molecular weight is 417 g/mol. The number of benzene rings is 2. The molecule has 1 saturated heterocycles. The predicted octanol–water partition coefficient (Wildman–Crippen LogP) is 4.06. The van der Waals surface area contributed by atoms with Crippen LogP contribution < -0.4 is 4.90 Å². The van der Waals surface area contributed by atoms with Crippen LogP contribution in [0.25, 0.3) is 33.5 Å². The van der Waals surface area contributed by atoms with Crippen LogP contribution in [0.3, 0.4) is 0 Å². The number of hydrogen-bond donors (Lipinski definition) is 2. The molecular weight excluding hydrogens is 393 g/mol. The molecule has 8 heteroatoms. The Morgan fingerprint density at radius 2 is 2.03 bits per heavy atom. The third-order valence-electron chi connectivity index (χ3n) is 6.24. The summed E-state index contributed by atoms with van der Waals surface area (Å²) >= 11 is 0. The van der Waals surface area contributed by atoms with Gasteiger partial charge in [0.1, 0.15) is 11.5 Å². The Morgan fingerprint density at radius 3 is 2.84 bits per heavy atom. The molecule has 5 rings (SSSR count). The molecule has 3 heterocycles. The zero-order chi connectivity index (χ0) is 21.4. The molecule has 1 aliphatic rings. The van der Waals surface area contributed by atoms with Crippen molar-refractivity contribution in [3.05, 3.63) is 42.2 Å². The van der Waals surface area contributed by atoms with Crippen molar-refractivity contribution in [2.24, 2.45) is 0 Å². The van der Waals surface area contributed by atoms with Crippen molar-refractivity contribution in [1.82, 2.24) is 25.1 Å². The monoisotopic (exact) mass is 417 g/mol. The lowest BCUT2D eigenvalue weighted by molar-refractivity contribution is 0.212. The summed E-state index contributed by atoms with van der Waals surface area (Å²) in [6.45, 7) is 2.81. The van der Waals surface area contributed by atoms with E-state index in [1.807, 2.05) is 6.07 Å². The van der Waals surface area contributed by atoms with Crippen molar-refractivity contribution < 1.29 is 4.39 Å². The molecule has 0 spiro atoms. The van der Waals surface area contributed by atoms with Gasteiger partial charge in [-0.2, -0.15) is 10.4 Å². The maximum Gasteiger partial charge on any atom is 0.159 e. The van der Waals surface area contributed by atoms with Crippen molar-refractivity contribution in [2.45, 2.75) is 25.3 Å². The van der Waals surface area contributed by atoms with E-state index in [9.17, 15) is 4.39 Å². The van der Waals surface area contributed by atoms with E-state index in [1.54, 1.807) is 6.07 Å². The minimum Gasteiger partial charge on any atom is -0.371 e. The van der Waals surface area contributed by atoms with Gasteiger partial charge in [-0.25, -0.2) is 9.37 Å². The summed E-state index contributed by atoms with van der Waals surface area (Å²) in [7, 11) is 2.11. The van der Waals surface area contributed by atoms with Crippen LogP contribution in [0.4, 0.5) is 10.1 Å². The Labute approximate surface area is 179 Å². The van der Waals surface area contributed by atoms with E-state index in [-0.39, 0.29) is 5.82 Å². The van der Waals surface area contributed by atoms with Crippen molar-refractivity contribution in [3.8, 4) is 17.6 Å². The van der Waals surface area contributed by atoms with Crippen molar-refractivity contribution in [3.63, 3.8) is 0 Å². The summed E-state index contributed by atoms with van der Waals surface area (Å²) in [6.07, 6.45) is 2.75. The molecule has 4 aromatic rings. The number of nitriles is 1. The quantitative estimate of drug-likeness (QED) is 0.511. The topological polar surface area (TPSA) is 87.6 Å². The van der Waals surface area contributed by atoms with Crippen molar-refractivity contribution >= 4 is 27.6 Å². The van der Waals surface area contributed by atoms with Crippen LogP contribution in [0.5, 0.6) is 0 Å². The molecule has 0 atom stereocenters. The first-order valence-corrected chi connectivity index (χ1v) is 10.6. The number of piperidine rings is 1. The third kappa shape index (κ3) is 3.73. The number of anilines is 1. The lowest BCUT2D eigenvalue weighted by Crippen LogP contribution is -2.43. The van der Waals surface area contributed by atoms with Crippen LogP contribution in [0.2, 0.25) is 0 Å². The fourth-order valence-electron chi connectivity index (χ4n) is 4.45. The molecule has 2 aromatic heterocycles. The van der Waals surface area contributed by atoms with E-state index in [2.05, 4.69) is 50.2 Å². The van der Waals surface area contributed by atoms with Gasteiger partial charge in [0.05, 0.1) is 22.6 Å². The van der Waals surface area contributed by atoms with Crippen LogP contribution in [0, 0.1) is 17.1 Å². The number of aromatic nitrogens is 4. The highest BCUT2D eigenvalue weighted by molar-refractivity contribution is 5.93. The van der Waals surface area contributed by atoms with Crippen molar-refractivity contribution in [2.75, 3.05) is 31.6 Å². The lowest BCUT2D eigenvalue weighted by Gasteiger charge is -2.37. The first kappa shape index (κ1) is 19.5. The smallest absolute Gasteiger partial charge is 0.159 e. The van der Waals surface area contributed by atoms with Gasteiger partial charge in [0, 0.05) is 43.2 Å². The summed E-state index contributed by atoms with van der Waals surface area (Å²) in [5.41, 5.74) is 4.35. The number of H-pyrrole nitrogens is 2. The summed E-state index contributed by atoms with van der Waals surface area (Å²) in [4.78, 5) is 12.8. The molecule has 1 fully saturated rings. The van der Waals surface area contributed by atoms with Gasteiger partial charge in [-0.05, 0) is 56.3 Å². The average Bonchev–Trinajstić information content (AvgIpc) is 3.40. The number of halogens is 1. The Bertz CT molecular complexity index is 1260. The van der Waals surface area contributed by atoms with Crippen LogP contribution in [0.1, 0.15) is 19.3 Å². The maximum atomic E-state index is 13.5. The van der Waals surface area contributed by atoms with Crippen LogP contribution in [-0.4, -0.2) is 57.8 Å². The molecule has 0 bridgehead atoms. The Balaban J connectivity index is 1.35. The molecule has 31 heavy (non-hydrogen) atoms. The van der Waals surface area contributed by atoms with Gasteiger partial charge >= 0.3 is 0 Å². The van der Waals surface area contributed by atoms with Crippen LogP contribution >= 0.6 is 0 Å². The molecule has 0 radical (unpaired) electrons. The second kappa shape index (κ2) is 8.00. The second-order valence-corrected chi connectivity index (χ2v) is 8.16. The van der Waals surface area contributed by atoms with E-state index < -0.39 is 0 Å². The van der Waals surface area contributed by atoms with Crippen molar-refractivity contribution in [1.29, 1.82) is 5.26 Å². The van der Waals surface area contributed by atoms with Gasteiger partial charge in [-0.15, -0.1) is 0 Å². The molecule has 2 N–H and O–H groups in total. The number of fused-ring (bicyclic) bond motifs is 2. The van der Waals surface area contributed by atoms with Gasteiger partial charge in [-0.3, -0.25) is 5.10 Å². The Kier molecular flexibility index (Phi) is 5.04. The number of rotatable bonds is 5. The van der Waals surface area contributed by atoms with Gasteiger partial charge < -0.3 is 14.8 Å². The largest absolute Gasteiger partial charge is 0.371 e. The third-order valence-corrected chi connectivity index (χ3v) is 6.24. The summed E-state index contributed by atoms with van der Waals surface area (Å²) in [5.74, 6) is 0.375. The first-order valence-electron chi connectivity index (χ1n) is 10.6. The zero-order valence-corrected chi connectivity index (χ0v) is 17.4. The minimum atomic E-state index is -0.294. The first-order chi connectivity index (χ1) is 15.1. The van der Waals surface area contributed by atoms with E-state index in [1.165, 1.54) is 17.8 Å². The second-order valence-electron chi connectivity index (χ2n) is 8.16. The number of hydrogen-bond acceptors (Lipinski definition) is 5. The normalized spacial score (nSPS) is 15.2. The molecule has 0 saturated carbocycles. The number of imidazole rings is 1. The van der Waals surface area contributed by atoms with Crippen LogP contribution in [-0.2, 0) is 0 Å². The number of nitrogens with zero attached hydrogens (tertiary/aromatic N) is 5. The molecule has 2 aromatic carbocycles. The highest BCUT2D eigenvalue weighted by Gasteiger charge is 2.23. The van der Waals surface area contributed by atoms with Gasteiger partial charge in [-0.1, -0.05) is 0 Å². The molecule has 1 aliphatic heterocycles. The van der Waals surface area contributed by atoms with Gasteiger partial charge in [0.2, 0.25) is 0 Å².